The van der Waals surface area contributed by atoms with Gasteiger partial charge in [-0.15, -0.1) is 0 Å². The number of Topliss-reactive ketones (excluding diaryl/α,β-unsaturated/α-hetero) is 3. The number of amides is 18. The number of likely N-dealkylation sites (tertiary alicyclic amines) is 3. The lowest BCUT2D eigenvalue weighted by atomic mass is 9.80. The molecule has 1 aromatic carbocycles. The fraction of sp³-hybridized carbons (Fsp3) is 0.762. The molecular weight excluding hydrogens is 1800 g/mol. The number of hydrogen-bond donors (Lipinski definition) is 15. The van der Waals surface area contributed by atoms with Crippen LogP contribution in [0.3, 0.4) is 0 Å². The Morgan fingerprint density at radius 3 is 0.971 bits per heavy atom. The van der Waals surface area contributed by atoms with Crippen LogP contribution in [0, 0.1) is 103 Å². The molecule has 3 unspecified atom stereocenters. The molecule has 7 saturated carbocycles. The van der Waals surface area contributed by atoms with E-state index in [-0.39, 0.29) is 113 Å². The molecule has 11 aliphatic rings. The van der Waals surface area contributed by atoms with Gasteiger partial charge in [-0.25, -0.2) is 28.8 Å². The summed E-state index contributed by atoms with van der Waals surface area (Å²) in [6.07, 6.45) is 12.4. The highest BCUT2D eigenvalue weighted by molar-refractivity contribution is 6.39. The lowest BCUT2D eigenvalue weighted by Gasteiger charge is -2.38. The van der Waals surface area contributed by atoms with E-state index in [1.807, 2.05) is 121 Å². The maximum atomic E-state index is 14.7. The highest BCUT2D eigenvalue weighted by Crippen LogP contribution is 2.67. The fourth-order valence-electron chi connectivity index (χ4n) is 21.9. The molecule has 780 valence electrons. The third kappa shape index (κ3) is 27.3. The average molecular weight is 1960 g/mol. The van der Waals surface area contributed by atoms with Gasteiger partial charge in [0.2, 0.25) is 52.8 Å². The SMILES string of the molecule is CCNC(=O)OC[C@@H](NC(=O)N[C@H](C(=O)N1C[C@H]2[C@@H]([C@H]1C(=O)NC(CC1CC1)C(=O)C(N)=O)C2(C)C)C1CCCCC1)C(C)(C)C.CCNC(=O)OC[C@@H](NC(=O)N[C@H](C(=O)N1C[C@H]2[C@@H]([C@H]1C(=O)NC(CC1CCC1)C(=O)C(N)=O)C2(C)C)C(C)(C)C)C(C)(C)C.CNC(=O)OC[C@@H](NC(=O)N[C@H](C(=O)N1C[C@H]2[C@@H]([C@H]1C(=O)NC(CC1CCC1)C(=O)C(N)=O)C2(C)C)C1Cc2ccccc2C1)C(C)(C)C. The van der Waals surface area contributed by atoms with Gasteiger partial charge < -0.3 is 110 Å². The summed E-state index contributed by atoms with van der Waals surface area (Å²) >= 11 is 0. The number of ketones is 3. The van der Waals surface area contributed by atoms with Gasteiger partial charge in [0.25, 0.3) is 17.7 Å². The normalized spacial score (nSPS) is 24.7. The van der Waals surface area contributed by atoms with Crippen molar-refractivity contribution >= 4 is 107 Å². The van der Waals surface area contributed by atoms with Crippen LogP contribution >= 0.6 is 0 Å². The minimum atomic E-state index is -1.10. The van der Waals surface area contributed by atoms with E-state index in [0.29, 0.717) is 64.8 Å². The van der Waals surface area contributed by atoms with Gasteiger partial charge in [-0.2, -0.15) is 0 Å². The summed E-state index contributed by atoms with van der Waals surface area (Å²) in [5.74, 6) is -8.21. The molecule has 8 aliphatic carbocycles. The number of nitrogens with zero attached hydrogens (tertiary/aromatic N) is 3. The van der Waals surface area contributed by atoms with E-state index in [9.17, 15) is 86.3 Å². The summed E-state index contributed by atoms with van der Waals surface area (Å²) in [5.41, 5.74) is 15.5. The second-order valence-corrected chi connectivity index (χ2v) is 47.1. The summed E-state index contributed by atoms with van der Waals surface area (Å²) in [5, 5.41) is 33.4. The molecule has 3 aliphatic heterocycles. The number of primary amides is 3. The second-order valence-electron chi connectivity index (χ2n) is 47.1. The Bertz CT molecular complexity index is 4740. The van der Waals surface area contributed by atoms with Crippen molar-refractivity contribution < 1.29 is 101 Å². The van der Waals surface area contributed by atoms with E-state index in [4.69, 9.17) is 31.4 Å². The molecule has 39 nitrogen and oxygen atoms in total. The molecule has 39 heteroatoms. The third-order valence-electron chi connectivity index (χ3n) is 32.0. The number of piperidine rings is 3. The minimum absolute atomic E-state index is 0.0519. The lowest BCUT2D eigenvalue weighted by molar-refractivity contribution is -0.145. The quantitative estimate of drug-likeness (QED) is 0.0255. The molecule has 0 bridgehead atoms. The van der Waals surface area contributed by atoms with Gasteiger partial charge in [0, 0.05) is 39.8 Å². The van der Waals surface area contributed by atoms with Crippen molar-refractivity contribution in [2.45, 2.75) is 327 Å². The number of hydrogen-bond acceptors (Lipinski definition) is 21. The van der Waals surface area contributed by atoms with Crippen LogP contribution < -0.4 is 81.0 Å². The van der Waals surface area contributed by atoms with Gasteiger partial charge in [-0.05, 0) is 173 Å². The van der Waals surface area contributed by atoms with Crippen LogP contribution in [-0.2, 0) is 84.6 Å². The van der Waals surface area contributed by atoms with Crippen LogP contribution in [0.25, 0.3) is 0 Å². The van der Waals surface area contributed by atoms with Gasteiger partial charge in [-0.3, -0.25) is 57.5 Å². The third-order valence-corrected chi connectivity index (χ3v) is 32.0. The summed E-state index contributed by atoms with van der Waals surface area (Å²) in [4.78, 5) is 240. The first-order chi connectivity index (χ1) is 65.3. The molecule has 3 heterocycles. The Morgan fingerprint density at radius 1 is 0.379 bits per heavy atom. The number of fused-ring (bicyclic) bond motifs is 4. The van der Waals surface area contributed by atoms with Crippen LogP contribution in [0.1, 0.15) is 252 Å². The first kappa shape index (κ1) is 111. The topological polar surface area (TPSA) is 567 Å². The van der Waals surface area contributed by atoms with Crippen molar-refractivity contribution in [3.8, 4) is 0 Å². The number of ether oxygens (including phenoxy) is 3. The highest BCUT2D eigenvalue weighted by atomic mass is 16.6. The van der Waals surface area contributed by atoms with E-state index < -0.39 is 189 Å². The summed E-state index contributed by atoms with van der Waals surface area (Å²) in [6, 6.07) is -4.04. The van der Waals surface area contributed by atoms with Crippen molar-refractivity contribution in [3.05, 3.63) is 35.4 Å². The zero-order valence-electron chi connectivity index (χ0n) is 86.1. The number of rotatable bonds is 37. The Labute approximate surface area is 823 Å². The molecule has 18 N–H and O–H groups in total. The van der Waals surface area contributed by atoms with Gasteiger partial charge in [0.05, 0.1) is 36.3 Å². The minimum Gasteiger partial charge on any atom is -0.447 e. The first-order valence-corrected chi connectivity index (χ1v) is 50.5. The van der Waals surface area contributed by atoms with Crippen molar-refractivity contribution in [2.75, 3.05) is 59.6 Å². The fourth-order valence-corrected chi connectivity index (χ4v) is 21.9. The molecular formula is C101H160N18O21. The molecule has 18 amide bonds. The number of carbonyl (C=O) groups is 18. The van der Waals surface area contributed by atoms with Crippen molar-refractivity contribution in [1.29, 1.82) is 0 Å². The van der Waals surface area contributed by atoms with Crippen LogP contribution in [0.15, 0.2) is 24.3 Å². The number of nitrogens with two attached hydrogens (primary N) is 3. The van der Waals surface area contributed by atoms with Crippen LogP contribution in [0.4, 0.5) is 28.8 Å². The van der Waals surface area contributed by atoms with E-state index in [0.717, 1.165) is 94.6 Å². The van der Waals surface area contributed by atoms with Crippen LogP contribution in [0.2, 0.25) is 0 Å². The predicted octanol–water partition coefficient (Wildman–Crippen LogP) is 6.34. The molecule has 0 radical (unpaired) electrons. The summed E-state index contributed by atoms with van der Waals surface area (Å²) in [7, 11) is 1.45. The van der Waals surface area contributed by atoms with Crippen molar-refractivity contribution in [2.24, 2.45) is 120 Å². The number of carbonyl (C=O) groups excluding carboxylic acids is 18. The molecule has 12 rings (SSSR count). The number of benzene rings is 1. The van der Waals surface area contributed by atoms with Crippen molar-refractivity contribution in [1.82, 2.24) is 78.5 Å². The zero-order valence-corrected chi connectivity index (χ0v) is 86.1. The zero-order chi connectivity index (χ0) is 104. The first-order valence-electron chi connectivity index (χ1n) is 50.5. The molecule has 18 atom stereocenters. The molecule has 0 aromatic heterocycles. The molecule has 3 saturated heterocycles. The summed E-state index contributed by atoms with van der Waals surface area (Å²) in [6.45, 7) is 40.2. The number of urea groups is 3. The Kier molecular flexibility index (Phi) is 35.8. The monoisotopic (exact) mass is 1960 g/mol. The van der Waals surface area contributed by atoms with Gasteiger partial charge >= 0.3 is 36.4 Å². The van der Waals surface area contributed by atoms with Crippen LogP contribution in [0.5, 0.6) is 0 Å². The van der Waals surface area contributed by atoms with E-state index in [1.165, 1.54) is 11.9 Å². The highest BCUT2D eigenvalue weighted by Gasteiger charge is 2.73. The largest absolute Gasteiger partial charge is 0.447 e. The van der Waals surface area contributed by atoms with Crippen molar-refractivity contribution in [3.63, 3.8) is 0 Å². The van der Waals surface area contributed by atoms with Gasteiger partial charge in [-0.1, -0.05) is 220 Å². The maximum Gasteiger partial charge on any atom is 0.407 e. The Balaban J connectivity index is 0.000000217. The molecule has 140 heavy (non-hydrogen) atoms. The molecule has 0 spiro atoms. The number of alkyl carbamates (subject to hydrolysis) is 3. The van der Waals surface area contributed by atoms with E-state index in [2.05, 4.69) is 91.5 Å². The van der Waals surface area contributed by atoms with E-state index >= 15 is 0 Å². The lowest BCUT2D eigenvalue weighted by Crippen LogP contribution is -2.62. The molecule has 10 fully saturated rings. The Morgan fingerprint density at radius 2 is 0.686 bits per heavy atom. The standard InChI is InChI=1S/C36H52N6O7.C33H54N6O7.C32H54N6O7/c1-35(2,3)25(18-49-34(48)38-6)40-33(47)41-27(22-15-20-12-7-8-13-21(20)16-22)32(46)42-17-23-26(36(23,4)5)28(42)31(45)39-24(29(43)30(37)44)14-19-10-9-11-19;1-7-35-31(45)46-17-22(32(2,3)4)37-30(44)38-24(19-11-9-8-10-12-19)29(43)39-16-20-23(33(20,5)6)25(39)28(42)36-21(15-18-13-14-18)26(40)27(34)41;1-10-34-29(44)45-16-20(30(2,3)4)36-28(43)37-24(31(5,6)7)27(42)38-15-18-21(32(18,8)9)22(38)26(41)35-19(23(39)25(33)40)14-17-12-11-13-17/h7-8,12-13,19,22-28H,9-11,14-18H2,1-6H3,(H2,37,44)(H,38,48)(H,39,45)(H2,40,41,47);18-25H,7-17H2,1-6H3,(H2,34,41)(H,35,45)(H,36,42)(H2,37,38,44);17-22,24H,10-16H2,1-9H3,(H2,33,40)(H,34,44)(H,35,41)(H2,36,37,43)/t23-,24?,25+,26-,27-,28-;20-,21?,22+,23-,24-,25-;18-,19?,20+,21-,22-,24+/m000/s1. The average Bonchev–Trinajstić information content (AvgIpc) is 1.53. The predicted molar refractivity (Wildman–Crippen MR) is 518 cm³/mol. The summed E-state index contributed by atoms with van der Waals surface area (Å²) < 4.78 is 15.9. The Hall–Kier alpha value is -10.9. The smallest absolute Gasteiger partial charge is 0.407 e. The second kappa shape index (κ2) is 45.1. The van der Waals surface area contributed by atoms with Gasteiger partial charge in [0.15, 0.2) is 0 Å². The van der Waals surface area contributed by atoms with Crippen LogP contribution in [-0.4, -0.2) is 254 Å². The van der Waals surface area contributed by atoms with Gasteiger partial charge in [0.1, 0.15) is 56.1 Å². The number of nitrogens with one attached hydrogen (secondary N) is 12. The maximum absolute atomic E-state index is 14.7. The van der Waals surface area contributed by atoms with E-state index in [1.54, 1.807) is 23.6 Å². The molecule has 1 aromatic rings.